The molecule has 0 saturated heterocycles. The highest BCUT2D eigenvalue weighted by Gasteiger charge is 2.37. The average Bonchev–Trinajstić information content (AvgIpc) is 2.16. The molecular formula is C12H23N. The average molecular weight is 181 g/mol. The van der Waals surface area contributed by atoms with Crippen molar-refractivity contribution in [1.29, 1.82) is 0 Å². The van der Waals surface area contributed by atoms with Gasteiger partial charge in [0.2, 0.25) is 0 Å². The van der Waals surface area contributed by atoms with E-state index in [4.69, 9.17) is 0 Å². The predicted molar refractivity (Wildman–Crippen MR) is 56.7 cm³/mol. The van der Waals surface area contributed by atoms with Crippen molar-refractivity contribution >= 4 is 0 Å². The Kier molecular flexibility index (Phi) is 2.39. The normalized spacial score (nSPS) is 39.0. The van der Waals surface area contributed by atoms with Crippen molar-refractivity contribution in [2.75, 3.05) is 0 Å². The van der Waals surface area contributed by atoms with Gasteiger partial charge in [0.1, 0.15) is 0 Å². The summed E-state index contributed by atoms with van der Waals surface area (Å²) in [5, 5.41) is 3.82. The summed E-state index contributed by atoms with van der Waals surface area (Å²) in [5.41, 5.74) is 0.584. The molecule has 2 aliphatic rings. The van der Waals surface area contributed by atoms with Crippen LogP contribution in [0.15, 0.2) is 0 Å². The Hall–Kier alpha value is -0.0400. The van der Waals surface area contributed by atoms with Gasteiger partial charge >= 0.3 is 0 Å². The van der Waals surface area contributed by atoms with Crippen LogP contribution in [0.25, 0.3) is 0 Å². The Morgan fingerprint density at radius 3 is 2.23 bits per heavy atom. The van der Waals surface area contributed by atoms with Gasteiger partial charge in [-0.1, -0.05) is 27.2 Å². The third kappa shape index (κ3) is 2.07. The fraction of sp³-hybridized carbons (Fsp3) is 1.00. The highest BCUT2D eigenvalue weighted by molar-refractivity contribution is 4.93. The maximum atomic E-state index is 3.82. The molecule has 0 aromatic carbocycles. The van der Waals surface area contributed by atoms with Crippen LogP contribution in [0.4, 0.5) is 0 Å². The van der Waals surface area contributed by atoms with Gasteiger partial charge in [-0.05, 0) is 37.0 Å². The van der Waals surface area contributed by atoms with Gasteiger partial charge < -0.3 is 5.32 Å². The summed E-state index contributed by atoms with van der Waals surface area (Å²) >= 11 is 0. The number of rotatable bonds is 2. The SMILES string of the molecule is CC1CC(C)(C)CC1NC1CCC1. The minimum absolute atomic E-state index is 0.584. The van der Waals surface area contributed by atoms with Crippen LogP contribution in [0.5, 0.6) is 0 Å². The smallest absolute Gasteiger partial charge is 0.0101 e. The van der Waals surface area contributed by atoms with Gasteiger partial charge in [0.05, 0.1) is 0 Å². The van der Waals surface area contributed by atoms with E-state index in [1.165, 1.54) is 32.1 Å². The first-order valence-corrected chi connectivity index (χ1v) is 5.83. The molecule has 2 saturated carbocycles. The maximum Gasteiger partial charge on any atom is 0.0101 e. The van der Waals surface area contributed by atoms with Crippen molar-refractivity contribution in [3.05, 3.63) is 0 Å². The Labute approximate surface area is 82.3 Å². The van der Waals surface area contributed by atoms with Crippen LogP contribution in [-0.2, 0) is 0 Å². The van der Waals surface area contributed by atoms with Crippen molar-refractivity contribution in [3.8, 4) is 0 Å². The molecule has 2 aliphatic carbocycles. The van der Waals surface area contributed by atoms with Crippen molar-refractivity contribution in [2.24, 2.45) is 11.3 Å². The number of nitrogens with one attached hydrogen (secondary N) is 1. The molecule has 0 aromatic heterocycles. The standard InChI is InChI=1S/C12H23N/c1-9-7-12(2,3)8-11(9)13-10-5-4-6-10/h9-11,13H,4-8H2,1-3H3. The topological polar surface area (TPSA) is 12.0 Å². The second-order valence-electron chi connectivity index (χ2n) is 5.95. The summed E-state index contributed by atoms with van der Waals surface area (Å²) in [6.07, 6.45) is 7.07. The molecule has 1 heteroatoms. The molecule has 0 aliphatic heterocycles. The molecular weight excluding hydrogens is 158 g/mol. The largest absolute Gasteiger partial charge is 0.311 e. The summed E-state index contributed by atoms with van der Waals surface area (Å²) in [6.45, 7) is 7.23. The van der Waals surface area contributed by atoms with E-state index in [-0.39, 0.29) is 0 Å². The zero-order valence-electron chi connectivity index (χ0n) is 9.27. The first-order valence-electron chi connectivity index (χ1n) is 5.83. The zero-order chi connectivity index (χ0) is 9.47. The van der Waals surface area contributed by atoms with Crippen molar-refractivity contribution in [1.82, 2.24) is 5.32 Å². The highest BCUT2D eigenvalue weighted by atomic mass is 15.0. The number of hydrogen-bond acceptors (Lipinski definition) is 1. The monoisotopic (exact) mass is 181 g/mol. The lowest BCUT2D eigenvalue weighted by atomic mass is 9.90. The van der Waals surface area contributed by atoms with E-state index in [1.54, 1.807) is 0 Å². The fourth-order valence-corrected chi connectivity index (χ4v) is 2.99. The van der Waals surface area contributed by atoms with Gasteiger partial charge in [0.15, 0.2) is 0 Å². The Balaban J connectivity index is 1.85. The molecule has 1 nitrogen and oxygen atoms in total. The summed E-state index contributed by atoms with van der Waals surface area (Å²) in [4.78, 5) is 0. The summed E-state index contributed by atoms with van der Waals surface area (Å²) in [7, 11) is 0. The molecule has 2 atom stereocenters. The van der Waals surface area contributed by atoms with Crippen LogP contribution < -0.4 is 5.32 Å². The van der Waals surface area contributed by atoms with E-state index in [1.807, 2.05) is 0 Å². The molecule has 0 amide bonds. The zero-order valence-corrected chi connectivity index (χ0v) is 9.27. The van der Waals surface area contributed by atoms with Crippen LogP contribution in [0.2, 0.25) is 0 Å². The van der Waals surface area contributed by atoms with E-state index in [9.17, 15) is 0 Å². The molecule has 0 heterocycles. The lowest BCUT2D eigenvalue weighted by molar-refractivity contribution is 0.275. The minimum Gasteiger partial charge on any atom is -0.311 e. The van der Waals surface area contributed by atoms with Gasteiger partial charge in [-0.2, -0.15) is 0 Å². The lowest BCUT2D eigenvalue weighted by Crippen LogP contribution is -2.43. The van der Waals surface area contributed by atoms with Crippen LogP contribution in [0, 0.1) is 11.3 Å². The van der Waals surface area contributed by atoms with Gasteiger partial charge in [-0.25, -0.2) is 0 Å². The molecule has 0 bridgehead atoms. The van der Waals surface area contributed by atoms with E-state index in [0.29, 0.717) is 5.41 Å². The molecule has 2 rings (SSSR count). The molecule has 1 N–H and O–H groups in total. The highest BCUT2D eigenvalue weighted by Crippen LogP contribution is 2.41. The summed E-state index contributed by atoms with van der Waals surface area (Å²) in [5.74, 6) is 0.885. The lowest BCUT2D eigenvalue weighted by Gasteiger charge is -2.31. The van der Waals surface area contributed by atoms with E-state index < -0.39 is 0 Å². The van der Waals surface area contributed by atoms with E-state index >= 15 is 0 Å². The molecule has 0 spiro atoms. The van der Waals surface area contributed by atoms with Gasteiger partial charge in [-0.15, -0.1) is 0 Å². The first-order chi connectivity index (χ1) is 6.07. The second kappa shape index (κ2) is 3.27. The first kappa shape index (κ1) is 9.51. The number of hydrogen-bond donors (Lipinski definition) is 1. The predicted octanol–water partition coefficient (Wildman–Crippen LogP) is 2.95. The van der Waals surface area contributed by atoms with Crippen molar-refractivity contribution in [2.45, 2.75) is 65.0 Å². The quantitative estimate of drug-likeness (QED) is 0.690. The minimum atomic E-state index is 0.584. The molecule has 13 heavy (non-hydrogen) atoms. The Bertz CT molecular complexity index is 182. The van der Waals surface area contributed by atoms with E-state index in [0.717, 1.165) is 18.0 Å². The van der Waals surface area contributed by atoms with Gasteiger partial charge in [0, 0.05) is 12.1 Å². The third-order valence-electron chi connectivity index (χ3n) is 3.89. The summed E-state index contributed by atoms with van der Waals surface area (Å²) in [6, 6.07) is 1.67. The summed E-state index contributed by atoms with van der Waals surface area (Å²) < 4.78 is 0. The van der Waals surface area contributed by atoms with Crippen LogP contribution in [0.1, 0.15) is 52.9 Å². The van der Waals surface area contributed by atoms with Crippen LogP contribution in [0.3, 0.4) is 0 Å². The molecule has 76 valence electrons. The maximum absolute atomic E-state index is 3.82. The van der Waals surface area contributed by atoms with Crippen molar-refractivity contribution < 1.29 is 0 Å². The van der Waals surface area contributed by atoms with Crippen LogP contribution >= 0.6 is 0 Å². The molecule has 2 unspecified atom stereocenters. The Morgan fingerprint density at radius 1 is 1.15 bits per heavy atom. The van der Waals surface area contributed by atoms with Crippen LogP contribution in [-0.4, -0.2) is 12.1 Å². The van der Waals surface area contributed by atoms with E-state index in [2.05, 4.69) is 26.1 Å². The second-order valence-corrected chi connectivity index (χ2v) is 5.95. The molecule has 0 aromatic rings. The van der Waals surface area contributed by atoms with Crippen molar-refractivity contribution in [3.63, 3.8) is 0 Å². The third-order valence-corrected chi connectivity index (χ3v) is 3.89. The van der Waals surface area contributed by atoms with Gasteiger partial charge in [-0.3, -0.25) is 0 Å². The fourth-order valence-electron chi connectivity index (χ4n) is 2.99. The van der Waals surface area contributed by atoms with Gasteiger partial charge in [0.25, 0.3) is 0 Å². The molecule has 0 radical (unpaired) electrons. The Morgan fingerprint density at radius 2 is 1.85 bits per heavy atom. The molecule has 2 fully saturated rings.